The molecule has 1 aromatic rings. The predicted octanol–water partition coefficient (Wildman–Crippen LogP) is 2.93. The van der Waals surface area contributed by atoms with Gasteiger partial charge in [-0.1, -0.05) is 20.8 Å². The molecule has 0 aliphatic carbocycles. The van der Waals surface area contributed by atoms with Crippen LogP contribution in [0.4, 0.5) is 0 Å². The number of halogens is 1. The normalized spacial score (nSPS) is 14.1. The summed E-state index contributed by atoms with van der Waals surface area (Å²) in [6.45, 7) is 8.45. The number of aromatic nitrogens is 2. The lowest BCUT2D eigenvalue weighted by molar-refractivity contribution is 0.197. The van der Waals surface area contributed by atoms with Crippen molar-refractivity contribution < 1.29 is 5.11 Å². The van der Waals surface area contributed by atoms with Crippen LogP contribution < -0.4 is 0 Å². The second-order valence-electron chi connectivity index (χ2n) is 5.25. The summed E-state index contributed by atoms with van der Waals surface area (Å²) in [5, 5.41) is 14.4. The maximum atomic E-state index is 10.0. The van der Waals surface area contributed by atoms with Crippen molar-refractivity contribution in [3.8, 4) is 0 Å². The lowest BCUT2D eigenvalue weighted by atomic mass is 10.2. The Morgan fingerprint density at radius 1 is 1.47 bits per heavy atom. The Bertz CT molecular complexity index is 385. The molecule has 1 unspecified atom stereocenters. The van der Waals surface area contributed by atoms with Gasteiger partial charge in [-0.15, -0.1) is 0 Å². The smallest absolute Gasteiger partial charge is 0.0738 e. The molecule has 0 amide bonds. The van der Waals surface area contributed by atoms with Crippen molar-refractivity contribution in [3.05, 3.63) is 15.9 Å². The van der Waals surface area contributed by atoms with Crippen molar-refractivity contribution in [3.63, 3.8) is 0 Å². The molecule has 17 heavy (non-hydrogen) atoms. The van der Waals surface area contributed by atoms with Crippen LogP contribution in [-0.4, -0.2) is 31.5 Å². The molecule has 3 nitrogen and oxygen atoms in total. The van der Waals surface area contributed by atoms with Gasteiger partial charge in [0.25, 0.3) is 0 Å². The first-order valence-electron chi connectivity index (χ1n) is 5.70. The maximum Gasteiger partial charge on any atom is 0.0738 e. The fraction of sp³-hybridized carbons (Fsp3) is 0.750. The van der Waals surface area contributed by atoms with Crippen LogP contribution in [0.25, 0.3) is 0 Å². The molecule has 1 N–H and O–H groups in total. The summed E-state index contributed by atoms with van der Waals surface area (Å²) in [5.41, 5.74) is 2.03. The van der Waals surface area contributed by atoms with Crippen molar-refractivity contribution in [2.75, 3.05) is 5.75 Å². The molecule has 0 saturated carbocycles. The largest absolute Gasteiger partial charge is 0.392 e. The van der Waals surface area contributed by atoms with E-state index in [0.29, 0.717) is 6.42 Å². The molecule has 1 rings (SSSR count). The number of aliphatic hydroxyl groups is 1. The molecule has 0 aliphatic rings. The van der Waals surface area contributed by atoms with Crippen LogP contribution in [0, 0.1) is 6.92 Å². The predicted molar refractivity (Wildman–Crippen MR) is 77.6 cm³/mol. The van der Waals surface area contributed by atoms with E-state index in [9.17, 15) is 5.11 Å². The molecular formula is C12H21BrN2OS. The zero-order valence-electron chi connectivity index (χ0n) is 11.1. The molecule has 0 fully saturated rings. The summed E-state index contributed by atoms with van der Waals surface area (Å²) < 4.78 is 3.05. The van der Waals surface area contributed by atoms with E-state index in [1.807, 2.05) is 18.7 Å². The number of aryl methyl sites for hydroxylation is 2. The molecule has 0 saturated heterocycles. The lowest BCUT2D eigenvalue weighted by Crippen LogP contribution is -2.20. The van der Waals surface area contributed by atoms with Crippen LogP contribution in [0.1, 0.15) is 32.2 Å². The summed E-state index contributed by atoms with van der Waals surface area (Å²) in [7, 11) is 1.91. The highest BCUT2D eigenvalue weighted by Gasteiger charge is 2.18. The zero-order chi connectivity index (χ0) is 13.2. The highest BCUT2D eigenvalue weighted by Crippen LogP contribution is 2.26. The van der Waals surface area contributed by atoms with Gasteiger partial charge in [-0.2, -0.15) is 16.9 Å². The fourth-order valence-corrected chi connectivity index (χ4v) is 2.84. The summed E-state index contributed by atoms with van der Waals surface area (Å²) in [4.78, 5) is 0. The summed E-state index contributed by atoms with van der Waals surface area (Å²) >= 11 is 5.30. The monoisotopic (exact) mass is 320 g/mol. The van der Waals surface area contributed by atoms with E-state index in [1.165, 1.54) is 0 Å². The molecule has 0 aromatic carbocycles. The van der Waals surface area contributed by atoms with Gasteiger partial charge in [-0.3, -0.25) is 4.68 Å². The lowest BCUT2D eigenvalue weighted by Gasteiger charge is -2.20. The summed E-state index contributed by atoms with van der Waals surface area (Å²) in [5.74, 6) is 0.750. The SMILES string of the molecule is Cc1nn(C)c(CC(O)CSC(C)(C)C)c1Br. The minimum atomic E-state index is -0.328. The Kier molecular flexibility index (Phi) is 5.10. The van der Waals surface area contributed by atoms with Crippen molar-refractivity contribution in [2.45, 2.75) is 45.0 Å². The first kappa shape index (κ1) is 15.1. The van der Waals surface area contributed by atoms with Crippen molar-refractivity contribution in [1.82, 2.24) is 9.78 Å². The highest BCUT2D eigenvalue weighted by molar-refractivity contribution is 9.10. The van der Waals surface area contributed by atoms with Gasteiger partial charge >= 0.3 is 0 Å². The molecule has 98 valence electrons. The topological polar surface area (TPSA) is 38.0 Å². The van der Waals surface area contributed by atoms with E-state index in [2.05, 4.69) is 41.8 Å². The average molecular weight is 321 g/mol. The van der Waals surface area contributed by atoms with Gasteiger partial charge < -0.3 is 5.11 Å². The number of rotatable bonds is 4. The Balaban J connectivity index is 2.59. The number of hydrogen-bond donors (Lipinski definition) is 1. The van der Waals surface area contributed by atoms with Gasteiger partial charge in [0, 0.05) is 24.0 Å². The van der Waals surface area contributed by atoms with Gasteiger partial charge in [-0.25, -0.2) is 0 Å². The zero-order valence-corrected chi connectivity index (χ0v) is 13.5. The van der Waals surface area contributed by atoms with Crippen molar-refractivity contribution in [2.24, 2.45) is 7.05 Å². The quantitative estimate of drug-likeness (QED) is 0.927. The van der Waals surface area contributed by atoms with Crippen LogP contribution in [0.3, 0.4) is 0 Å². The maximum absolute atomic E-state index is 10.0. The molecule has 1 aromatic heterocycles. The van der Waals surface area contributed by atoms with Crippen LogP contribution in [0.15, 0.2) is 4.47 Å². The van der Waals surface area contributed by atoms with Crippen molar-refractivity contribution >= 4 is 27.7 Å². The van der Waals surface area contributed by atoms with Crippen LogP contribution in [-0.2, 0) is 13.5 Å². The standard InChI is InChI=1S/C12H21BrN2OS/c1-8-11(13)10(15(5)14-8)6-9(16)7-17-12(2,3)4/h9,16H,6-7H2,1-5H3. The Morgan fingerprint density at radius 2 is 2.06 bits per heavy atom. The second-order valence-corrected chi connectivity index (χ2v) is 7.89. The molecule has 0 aliphatic heterocycles. The van der Waals surface area contributed by atoms with Gasteiger partial charge in [0.1, 0.15) is 0 Å². The number of nitrogens with zero attached hydrogens (tertiary/aromatic N) is 2. The first-order valence-corrected chi connectivity index (χ1v) is 7.48. The molecule has 5 heteroatoms. The number of hydrogen-bond acceptors (Lipinski definition) is 3. The van der Waals surface area contributed by atoms with E-state index in [4.69, 9.17) is 0 Å². The van der Waals surface area contributed by atoms with Crippen LogP contribution in [0.2, 0.25) is 0 Å². The van der Waals surface area contributed by atoms with E-state index < -0.39 is 0 Å². The summed E-state index contributed by atoms with van der Waals surface area (Å²) in [6, 6.07) is 0. The van der Waals surface area contributed by atoms with Gasteiger partial charge in [0.2, 0.25) is 0 Å². The highest BCUT2D eigenvalue weighted by atomic mass is 79.9. The molecular weight excluding hydrogens is 300 g/mol. The Morgan fingerprint density at radius 3 is 2.47 bits per heavy atom. The molecule has 1 heterocycles. The Hall–Kier alpha value is -0.000000000000000111. The van der Waals surface area contributed by atoms with E-state index in [1.54, 1.807) is 11.8 Å². The second kappa shape index (κ2) is 5.76. The number of thioether (sulfide) groups is 1. The van der Waals surface area contributed by atoms with Crippen LogP contribution >= 0.6 is 27.7 Å². The van der Waals surface area contributed by atoms with Gasteiger partial charge in [0.15, 0.2) is 0 Å². The molecule has 0 radical (unpaired) electrons. The minimum absolute atomic E-state index is 0.195. The third-order valence-corrected chi connectivity index (χ3v) is 4.85. The van der Waals surface area contributed by atoms with Crippen molar-refractivity contribution in [1.29, 1.82) is 0 Å². The van der Waals surface area contributed by atoms with Gasteiger partial charge in [0.05, 0.1) is 22.0 Å². The average Bonchev–Trinajstić information content (AvgIpc) is 2.41. The Labute approximate surface area is 116 Å². The fourth-order valence-electron chi connectivity index (χ4n) is 1.53. The van der Waals surface area contributed by atoms with E-state index in [0.717, 1.165) is 21.6 Å². The van der Waals surface area contributed by atoms with E-state index in [-0.39, 0.29) is 10.9 Å². The van der Waals surface area contributed by atoms with E-state index >= 15 is 0 Å². The van der Waals surface area contributed by atoms with Crippen LogP contribution in [0.5, 0.6) is 0 Å². The van der Waals surface area contributed by atoms with Gasteiger partial charge in [-0.05, 0) is 22.9 Å². The number of aliphatic hydroxyl groups excluding tert-OH is 1. The third kappa shape index (κ3) is 4.64. The molecule has 1 atom stereocenters. The minimum Gasteiger partial charge on any atom is -0.392 e. The molecule has 0 bridgehead atoms. The molecule has 0 spiro atoms. The summed E-state index contributed by atoms with van der Waals surface area (Å²) in [6.07, 6.45) is 0.311. The third-order valence-electron chi connectivity index (χ3n) is 2.40. The first-order chi connectivity index (χ1) is 7.70.